The molecule has 0 bridgehead atoms. The zero-order valence-electron chi connectivity index (χ0n) is 23.2. The number of imide groups is 1. The molecule has 5 rings (SSSR count). The van der Waals surface area contributed by atoms with Gasteiger partial charge in [0.1, 0.15) is 0 Å². The van der Waals surface area contributed by atoms with Crippen LogP contribution in [0.4, 0.5) is 11.4 Å². The number of nitrogens with zero attached hydrogens (tertiary/aromatic N) is 2. The number of hydrogen-bond acceptors (Lipinski definition) is 4. The molecule has 4 aromatic carbocycles. The fourth-order valence-electron chi connectivity index (χ4n) is 5.33. The van der Waals surface area contributed by atoms with Crippen LogP contribution in [0.2, 0.25) is 5.02 Å². The number of rotatable bonds is 4. The number of benzene rings is 4. The van der Waals surface area contributed by atoms with Gasteiger partial charge in [-0.2, -0.15) is 0 Å². The number of fused-ring (bicyclic) bond motifs is 1. The van der Waals surface area contributed by atoms with Crippen molar-refractivity contribution in [1.82, 2.24) is 0 Å². The highest BCUT2D eigenvalue weighted by atomic mass is 35.5. The van der Waals surface area contributed by atoms with E-state index in [2.05, 4.69) is 0 Å². The Balaban J connectivity index is 1.56. The van der Waals surface area contributed by atoms with E-state index in [0.717, 1.165) is 11.1 Å². The lowest BCUT2D eigenvalue weighted by Gasteiger charge is -2.26. The maximum Gasteiger partial charge on any atom is 0.265 e. The summed E-state index contributed by atoms with van der Waals surface area (Å²) in [5.74, 6) is -1.11. The second-order valence-corrected chi connectivity index (χ2v) is 10.8. The normalized spacial score (nSPS) is 14.7. The Morgan fingerprint density at radius 1 is 0.780 bits per heavy atom. The third-order valence-electron chi connectivity index (χ3n) is 7.60. The van der Waals surface area contributed by atoms with Crippen LogP contribution in [0.1, 0.15) is 72.3 Å². The molecule has 3 amide bonds. The van der Waals surface area contributed by atoms with Crippen LogP contribution < -0.4 is 9.80 Å². The Kier molecular flexibility index (Phi) is 8.06. The van der Waals surface area contributed by atoms with Crippen molar-refractivity contribution in [1.29, 1.82) is 0 Å². The Morgan fingerprint density at radius 2 is 1.39 bits per heavy atom. The van der Waals surface area contributed by atoms with Crippen LogP contribution in [0.25, 0.3) is 0 Å². The summed E-state index contributed by atoms with van der Waals surface area (Å²) in [7, 11) is 0. The van der Waals surface area contributed by atoms with E-state index in [0.29, 0.717) is 63.6 Å². The first-order chi connectivity index (χ1) is 19.7. The Hall–Kier alpha value is -4.26. The zero-order chi connectivity index (χ0) is 29.3. The van der Waals surface area contributed by atoms with Crippen molar-refractivity contribution in [3.63, 3.8) is 0 Å². The molecule has 1 atom stereocenters. The van der Waals surface area contributed by atoms with Crippen molar-refractivity contribution >= 4 is 40.7 Å². The summed E-state index contributed by atoms with van der Waals surface area (Å²) in [6, 6.07) is 24.5. The first-order valence-electron chi connectivity index (χ1n) is 13.6. The van der Waals surface area contributed by atoms with Gasteiger partial charge in [-0.25, -0.2) is 4.90 Å². The minimum Gasteiger partial charge on any atom is -0.388 e. The summed E-state index contributed by atoms with van der Waals surface area (Å²) in [6.07, 6.45) is 0.435. The standard InChI is InChI=1S/C34H31ClN2O4/c1-21-9-4-6-11-26(21)33(40)37(34(41)27-12-7-5-10-22(27)2)25-15-16-28(23(3)19-25)32(39)36-18-8-13-31(38)29-20-24(35)14-17-30(29)36/h4-7,9-12,14-17,19-20,31,38H,8,13,18H2,1-3H3. The molecule has 1 heterocycles. The van der Waals surface area contributed by atoms with Gasteiger partial charge in [0, 0.05) is 39.5 Å². The first-order valence-corrected chi connectivity index (χ1v) is 13.9. The molecule has 208 valence electrons. The molecule has 0 radical (unpaired) electrons. The van der Waals surface area contributed by atoms with Gasteiger partial charge in [-0.3, -0.25) is 14.4 Å². The predicted octanol–water partition coefficient (Wildman–Crippen LogP) is 7.23. The van der Waals surface area contributed by atoms with Gasteiger partial charge in [-0.05, 0) is 98.8 Å². The molecule has 1 unspecified atom stereocenters. The van der Waals surface area contributed by atoms with Crippen molar-refractivity contribution < 1.29 is 19.5 Å². The summed E-state index contributed by atoms with van der Waals surface area (Å²) >= 11 is 6.20. The number of carbonyl (C=O) groups is 3. The molecule has 1 aliphatic rings. The van der Waals surface area contributed by atoms with Crippen LogP contribution in [0.3, 0.4) is 0 Å². The van der Waals surface area contributed by atoms with Gasteiger partial charge < -0.3 is 10.0 Å². The largest absolute Gasteiger partial charge is 0.388 e. The van der Waals surface area contributed by atoms with Crippen molar-refractivity contribution in [3.05, 3.63) is 129 Å². The monoisotopic (exact) mass is 566 g/mol. The van der Waals surface area contributed by atoms with Crippen molar-refractivity contribution in [2.45, 2.75) is 39.7 Å². The molecular formula is C34H31ClN2O4. The third kappa shape index (κ3) is 5.53. The van der Waals surface area contributed by atoms with Crippen LogP contribution in [-0.2, 0) is 0 Å². The van der Waals surface area contributed by atoms with Gasteiger partial charge in [-0.15, -0.1) is 0 Å². The number of amides is 3. The van der Waals surface area contributed by atoms with Gasteiger partial charge >= 0.3 is 0 Å². The second kappa shape index (κ2) is 11.7. The highest BCUT2D eigenvalue weighted by Crippen LogP contribution is 2.36. The van der Waals surface area contributed by atoms with E-state index in [1.54, 1.807) is 72.5 Å². The SMILES string of the molecule is Cc1cc(N(C(=O)c2ccccc2C)C(=O)c2ccccc2C)ccc1C(=O)N1CCCC(O)c2cc(Cl)ccc21. The Morgan fingerprint density at radius 3 is 1.98 bits per heavy atom. The van der Waals surface area contributed by atoms with Gasteiger partial charge in [-0.1, -0.05) is 48.0 Å². The van der Waals surface area contributed by atoms with Crippen molar-refractivity contribution in [2.75, 3.05) is 16.3 Å². The maximum absolute atomic E-state index is 13.9. The number of halogens is 1. The molecule has 4 aromatic rings. The quantitative estimate of drug-likeness (QED) is 0.264. The summed E-state index contributed by atoms with van der Waals surface area (Å²) in [4.78, 5) is 44.5. The van der Waals surface area contributed by atoms with Crippen LogP contribution >= 0.6 is 11.6 Å². The average Bonchev–Trinajstić information content (AvgIpc) is 3.11. The van der Waals surface area contributed by atoms with Crippen LogP contribution in [0.15, 0.2) is 84.9 Å². The van der Waals surface area contributed by atoms with Crippen LogP contribution in [0, 0.1) is 20.8 Å². The number of aliphatic hydroxyl groups is 1. The molecule has 0 aliphatic carbocycles. The lowest BCUT2D eigenvalue weighted by Crippen LogP contribution is -2.38. The third-order valence-corrected chi connectivity index (χ3v) is 7.83. The smallest absolute Gasteiger partial charge is 0.265 e. The molecule has 0 spiro atoms. The van der Waals surface area contributed by atoms with Crippen molar-refractivity contribution in [3.8, 4) is 0 Å². The first kappa shape index (κ1) is 28.3. The van der Waals surface area contributed by atoms with Gasteiger partial charge in [0.25, 0.3) is 17.7 Å². The number of carbonyl (C=O) groups excluding carboxylic acids is 3. The Bertz CT molecular complexity index is 1610. The van der Waals surface area contributed by atoms with Crippen LogP contribution in [0.5, 0.6) is 0 Å². The highest BCUT2D eigenvalue weighted by molar-refractivity contribution is 6.30. The summed E-state index contributed by atoms with van der Waals surface area (Å²) in [6.45, 7) is 5.90. The number of anilines is 2. The zero-order valence-corrected chi connectivity index (χ0v) is 24.0. The molecule has 7 heteroatoms. The summed E-state index contributed by atoms with van der Waals surface area (Å²) in [5, 5.41) is 11.1. The minimum atomic E-state index is -0.710. The number of aryl methyl sites for hydroxylation is 3. The number of hydrogen-bond donors (Lipinski definition) is 1. The summed E-state index contributed by atoms with van der Waals surface area (Å²) in [5.41, 5.74) is 5.04. The summed E-state index contributed by atoms with van der Waals surface area (Å²) < 4.78 is 0. The van der Waals surface area contributed by atoms with Crippen LogP contribution in [-0.4, -0.2) is 29.4 Å². The fraction of sp³-hybridized carbons (Fsp3) is 0.206. The highest BCUT2D eigenvalue weighted by Gasteiger charge is 2.30. The predicted molar refractivity (Wildman–Crippen MR) is 162 cm³/mol. The van der Waals surface area contributed by atoms with Crippen molar-refractivity contribution in [2.24, 2.45) is 0 Å². The molecule has 0 saturated heterocycles. The van der Waals surface area contributed by atoms with Gasteiger partial charge in [0.2, 0.25) is 0 Å². The molecule has 0 fully saturated rings. The lowest BCUT2D eigenvalue weighted by molar-refractivity contribution is 0.0896. The lowest BCUT2D eigenvalue weighted by atomic mass is 10.0. The molecule has 41 heavy (non-hydrogen) atoms. The number of aliphatic hydroxyl groups excluding tert-OH is 1. The molecule has 0 saturated carbocycles. The maximum atomic E-state index is 13.9. The van der Waals surface area contributed by atoms with E-state index in [9.17, 15) is 19.5 Å². The van der Waals surface area contributed by atoms with E-state index in [1.165, 1.54) is 4.90 Å². The molecule has 6 nitrogen and oxygen atoms in total. The van der Waals surface area contributed by atoms with E-state index >= 15 is 0 Å². The fourth-order valence-corrected chi connectivity index (χ4v) is 5.51. The molecule has 1 aliphatic heterocycles. The van der Waals surface area contributed by atoms with Gasteiger partial charge in [0.05, 0.1) is 11.8 Å². The topological polar surface area (TPSA) is 77.9 Å². The molecule has 1 N–H and O–H groups in total. The second-order valence-electron chi connectivity index (χ2n) is 10.4. The van der Waals surface area contributed by atoms with E-state index in [-0.39, 0.29) is 5.91 Å². The van der Waals surface area contributed by atoms with Gasteiger partial charge in [0.15, 0.2) is 0 Å². The minimum absolute atomic E-state index is 0.228. The molecular weight excluding hydrogens is 536 g/mol. The average molecular weight is 567 g/mol. The molecule has 0 aromatic heterocycles. The van der Waals surface area contributed by atoms with E-state index in [1.807, 2.05) is 38.1 Å². The van der Waals surface area contributed by atoms with E-state index in [4.69, 9.17) is 11.6 Å². The van der Waals surface area contributed by atoms with E-state index < -0.39 is 17.9 Å². The Labute approximate surface area is 244 Å².